The third-order valence-corrected chi connectivity index (χ3v) is 10.5. The van der Waals surface area contributed by atoms with Crippen molar-refractivity contribution in [1.82, 2.24) is 0 Å². The predicted octanol–water partition coefficient (Wildman–Crippen LogP) is 11.3. The summed E-state index contributed by atoms with van der Waals surface area (Å²) in [6.07, 6.45) is 45.5. The molecule has 0 aromatic heterocycles. The minimum Gasteiger partial charge on any atom is -0.756 e. The molecular weight excluding hydrogens is 725 g/mol. The Hall–Kier alpha value is -1.84. The van der Waals surface area contributed by atoms with Crippen LogP contribution in [0.5, 0.6) is 0 Å². The van der Waals surface area contributed by atoms with Gasteiger partial charge in [0.25, 0.3) is 7.82 Å². The predicted molar refractivity (Wildman–Crippen MR) is 230 cm³/mol. The van der Waals surface area contributed by atoms with Gasteiger partial charge in [0.15, 0.2) is 0 Å². The van der Waals surface area contributed by atoms with Gasteiger partial charge < -0.3 is 32.6 Å². The van der Waals surface area contributed by atoms with Gasteiger partial charge in [-0.25, -0.2) is 0 Å². The fraction of sp³-hybridized carbons (Fsp3) is 0.761. The number of allylic oxidation sites excluding steroid dienone is 9. The number of carbonyl (C=O) groups excluding carboxylic acids is 1. The van der Waals surface area contributed by atoms with Crippen molar-refractivity contribution >= 4 is 13.8 Å². The van der Waals surface area contributed by atoms with Crippen LogP contribution < -0.4 is 4.89 Å². The van der Waals surface area contributed by atoms with Crippen LogP contribution in [0.1, 0.15) is 155 Å². The molecule has 0 radical (unpaired) electrons. The molecule has 4 unspecified atom stereocenters. The minimum atomic E-state index is -4.56. The van der Waals surface area contributed by atoms with Crippen LogP contribution in [-0.4, -0.2) is 82.9 Å². The zero-order valence-electron chi connectivity index (χ0n) is 36.3. The number of phosphoric ester groups is 1. The van der Waals surface area contributed by atoms with Crippen LogP contribution in [0.2, 0.25) is 0 Å². The summed E-state index contributed by atoms with van der Waals surface area (Å²) in [6.45, 7) is 5.16. The van der Waals surface area contributed by atoms with E-state index >= 15 is 0 Å². The fourth-order valence-corrected chi connectivity index (χ4v) is 6.77. The molecule has 1 aliphatic heterocycles. The Balaban J connectivity index is 2.30. The maximum Gasteiger partial charge on any atom is 0.306 e. The molecule has 0 aliphatic carbocycles. The highest BCUT2D eigenvalue weighted by atomic mass is 31.2. The van der Waals surface area contributed by atoms with Crippen molar-refractivity contribution in [2.24, 2.45) is 0 Å². The van der Waals surface area contributed by atoms with Crippen molar-refractivity contribution in [2.75, 3.05) is 54.1 Å². The molecule has 1 fully saturated rings. The number of carbonyl (C=O) groups is 1. The quantitative estimate of drug-likeness (QED) is 0.0115. The minimum absolute atomic E-state index is 0.00663. The Morgan fingerprint density at radius 1 is 0.696 bits per heavy atom. The van der Waals surface area contributed by atoms with E-state index in [1.54, 1.807) is 0 Å². The molecule has 56 heavy (non-hydrogen) atoms. The fourth-order valence-electron chi connectivity index (χ4n) is 6.04. The topological polar surface area (TPSA) is 107 Å². The third kappa shape index (κ3) is 35.3. The normalized spacial score (nSPS) is 18.0. The molecule has 9 nitrogen and oxygen atoms in total. The van der Waals surface area contributed by atoms with Gasteiger partial charge in [0.05, 0.1) is 40.5 Å². The summed E-state index contributed by atoms with van der Waals surface area (Å²) in [4.78, 5) is 25.1. The van der Waals surface area contributed by atoms with Gasteiger partial charge in [0, 0.05) is 13.0 Å². The lowest BCUT2D eigenvalue weighted by molar-refractivity contribution is -0.870. The van der Waals surface area contributed by atoms with Gasteiger partial charge >= 0.3 is 5.97 Å². The van der Waals surface area contributed by atoms with Crippen molar-refractivity contribution < 1.29 is 42.0 Å². The number of hydrogen-bond acceptors (Lipinski definition) is 8. The second kappa shape index (κ2) is 35.1. The van der Waals surface area contributed by atoms with Gasteiger partial charge in [0.1, 0.15) is 25.4 Å². The molecular formula is C46H82NO8P. The zero-order valence-corrected chi connectivity index (χ0v) is 37.2. The van der Waals surface area contributed by atoms with Crippen LogP contribution in [0.4, 0.5) is 0 Å². The van der Waals surface area contributed by atoms with Crippen molar-refractivity contribution in [3.8, 4) is 0 Å². The van der Waals surface area contributed by atoms with Crippen LogP contribution >= 0.6 is 7.82 Å². The molecule has 0 N–H and O–H groups in total. The number of unbranched alkanes of at least 4 members (excludes halogenated alkanes) is 15. The van der Waals surface area contributed by atoms with Crippen LogP contribution in [0, 0.1) is 0 Å². The Kier molecular flexibility index (Phi) is 32.7. The van der Waals surface area contributed by atoms with E-state index in [1.165, 1.54) is 89.9 Å². The number of epoxide rings is 1. The van der Waals surface area contributed by atoms with E-state index < -0.39 is 19.9 Å². The summed E-state index contributed by atoms with van der Waals surface area (Å²) in [6, 6.07) is 0. The van der Waals surface area contributed by atoms with Gasteiger partial charge in [-0.1, -0.05) is 171 Å². The molecule has 1 heterocycles. The molecule has 0 spiro atoms. The first kappa shape index (κ1) is 52.2. The highest BCUT2D eigenvalue weighted by Crippen LogP contribution is 2.38. The molecule has 1 saturated heterocycles. The van der Waals surface area contributed by atoms with Gasteiger partial charge in [-0.15, -0.1) is 0 Å². The molecule has 0 saturated carbocycles. The first-order chi connectivity index (χ1) is 27.1. The van der Waals surface area contributed by atoms with Gasteiger partial charge in [-0.05, 0) is 38.5 Å². The van der Waals surface area contributed by atoms with Crippen LogP contribution in [0.15, 0.2) is 60.8 Å². The van der Waals surface area contributed by atoms with Gasteiger partial charge in [-0.2, -0.15) is 0 Å². The van der Waals surface area contributed by atoms with E-state index in [0.717, 1.165) is 38.5 Å². The average molecular weight is 808 g/mol. The van der Waals surface area contributed by atoms with Crippen LogP contribution in [0.3, 0.4) is 0 Å². The number of nitrogens with zero attached hydrogens (tertiary/aromatic N) is 1. The number of ether oxygens (including phenoxy) is 3. The summed E-state index contributed by atoms with van der Waals surface area (Å²) >= 11 is 0. The molecule has 0 aromatic rings. The SMILES string of the molecule is CC/C=C\C/C=C\C\C=C/C=C/C=C/C1OC1CCCC(=O)OC(COCCCCCCCCCCCCCCCCCC)COP(=O)([O-])OCC[N+](C)(C)C. The monoisotopic (exact) mass is 808 g/mol. The second-order valence-electron chi connectivity index (χ2n) is 16.1. The average Bonchev–Trinajstić information content (AvgIpc) is 3.90. The Morgan fingerprint density at radius 3 is 1.88 bits per heavy atom. The number of likely N-dealkylation sites (N-methyl/N-ethyl adjacent to an activating group) is 1. The van der Waals surface area contributed by atoms with Gasteiger partial charge in [-0.3, -0.25) is 9.36 Å². The van der Waals surface area contributed by atoms with Crippen molar-refractivity contribution in [3.63, 3.8) is 0 Å². The molecule has 4 atom stereocenters. The van der Waals surface area contributed by atoms with Crippen molar-refractivity contribution in [3.05, 3.63) is 60.8 Å². The summed E-state index contributed by atoms with van der Waals surface area (Å²) in [5, 5.41) is 0. The van der Waals surface area contributed by atoms with Crippen molar-refractivity contribution in [2.45, 2.75) is 173 Å². The highest BCUT2D eigenvalue weighted by molar-refractivity contribution is 7.45. The lowest BCUT2D eigenvalue weighted by atomic mass is 10.0. The summed E-state index contributed by atoms with van der Waals surface area (Å²) < 4.78 is 40.3. The maximum absolute atomic E-state index is 12.7. The van der Waals surface area contributed by atoms with Crippen LogP contribution in [-0.2, 0) is 32.6 Å². The summed E-state index contributed by atoms with van der Waals surface area (Å²) in [7, 11) is 1.29. The Labute approximate surface area is 343 Å². The van der Waals surface area contributed by atoms with E-state index in [0.29, 0.717) is 24.1 Å². The smallest absolute Gasteiger partial charge is 0.306 e. The molecule has 0 amide bonds. The molecule has 324 valence electrons. The van der Waals surface area contributed by atoms with Crippen LogP contribution in [0.25, 0.3) is 0 Å². The first-order valence-corrected chi connectivity index (χ1v) is 23.7. The van der Waals surface area contributed by atoms with Gasteiger partial charge in [0.2, 0.25) is 0 Å². The Bertz CT molecular complexity index is 1140. The molecule has 1 aliphatic rings. The lowest BCUT2D eigenvalue weighted by Crippen LogP contribution is -2.37. The first-order valence-electron chi connectivity index (χ1n) is 22.2. The largest absolute Gasteiger partial charge is 0.756 e. The standard InChI is InChI=1S/C46H82NO8P/c1-6-8-10-12-14-16-18-20-21-22-23-25-27-29-31-33-39-51-41-43(42-53-56(49,50)52-40-38-47(3,4)5)54-46(48)37-34-36-45-44(55-45)35-32-30-28-26-24-19-17-15-13-11-9-7-2/h9,11,15,17,24,26,28,30,32,35,43-45H,6-8,10,12-14,16,18-23,25,27,29,31,33-34,36-42H2,1-5H3/b11-9-,17-15-,26-24-,30-28+,35-32+. The van der Waals surface area contributed by atoms with Crippen molar-refractivity contribution in [1.29, 1.82) is 0 Å². The number of hydrogen-bond donors (Lipinski definition) is 0. The molecule has 1 rings (SSSR count). The second-order valence-corrected chi connectivity index (χ2v) is 17.5. The summed E-state index contributed by atoms with van der Waals surface area (Å²) in [5.74, 6) is -0.411. The van der Waals surface area contributed by atoms with E-state index in [-0.39, 0.29) is 38.4 Å². The molecule has 0 aromatic carbocycles. The molecule has 0 bridgehead atoms. The van der Waals surface area contributed by atoms with E-state index in [4.69, 9.17) is 23.3 Å². The number of rotatable bonds is 39. The number of esters is 1. The lowest BCUT2D eigenvalue weighted by Gasteiger charge is -2.28. The molecule has 10 heteroatoms. The maximum atomic E-state index is 12.7. The van der Waals surface area contributed by atoms with E-state index in [9.17, 15) is 14.3 Å². The van der Waals surface area contributed by atoms with E-state index in [2.05, 4.69) is 44.2 Å². The zero-order chi connectivity index (χ0) is 41.0. The summed E-state index contributed by atoms with van der Waals surface area (Å²) in [5.41, 5.74) is 0. The Morgan fingerprint density at radius 2 is 1.27 bits per heavy atom. The number of phosphoric acid groups is 1. The number of quaternary nitrogens is 1. The van der Waals surface area contributed by atoms with E-state index in [1.807, 2.05) is 51.5 Å². The third-order valence-electron chi connectivity index (χ3n) is 9.55. The highest BCUT2D eigenvalue weighted by Gasteiger charge is 2.35.